The van der Waals surface area contributed by atoms with E-state index < -0.39 is 0 Å². The van der Waals surface area contributed by atoms with Crippen LogP contribution in [0.3, 0.4) is 0 Å². The SMILES string of the molecule is O=C(NCc1ccccn1)c1ccc([C@H]2SCC(=O)N2Cc2ccco2)cc1. The zero-order chi connectivity index (χ0) is 19.3. The Morgan fingerprint density at radius 2 is 2.04 bits per heavy atom. The van der Waals surface area contributed by atoms with Crippen molar-refractivity contribution in [3.05, 3.63) is 89.6 Å². The smallest absolute Gasteiger partial charge is 0.251 e. The van der Waals surface area contributed by atoms with Gasteiger partial charge in [-0.15, -0.1) is 11.8 Å². The number of carbonyl (C=O) groups is 2. The molecular weight excluding hydrogens is 374 g/mol. The number of benzene rings is 1. The molecule has 6 nitrogen and oxygen atoms in total. The van der Waals surface area contributed by atoms with Crippen LogP contribution in [-0.4, -0.2) is 27.5 Å². The van der Waals surface area contributed by atoms with Crippen molar-refractivity contribution in [3.8, 4) is 0 Å². The van der Waals surface area contributed by atoms with Gasteiger partial charge in [0.15, 0.2) is 0 Å². The van der Waals surface area contributed by atoms with Crippen molar-refractivity contribution in [2.45, 2.75) is 18.5 Å². The fourth-order valence-corrected chi connectivity index (χ4v) is 4.23. The highest BCUT2D eigenvalue weighted by molar-refractivity contribution is 8.00. The molecule has 28 heavy (non-hydrogen) atoms. The molecule has 2 amide bonds. The number of amides is 2. The Bertz CT molecular complexity index is 943. The number of aromatic nitrogens is 1. The lowest BCUT2D eigenvalue weighted by atomic mass is 10.1. The third-order valence-electron chi connectivity index (χ3n) is 4.49. The van der Waals surface area contributed by atoms with Crippen molar-refractivity contribution < 1.29 is 14.0 Å². The molecule has 142 valence electrons. The molecule has 1 aliphatic rings. The maximum atomic E-state index is 12.4. The Morgan fingerprint density at radius 1 is 1.18 bits per heavy atom. The van der Waals surface area contributed by atoms with E-state index >= 15 is 0 Å². The minimum absolute atomic E-state index is 0.0803. The third kappa shape index (κ3) is 4.09. The van der Waals surface area contributed by atoms with Gasteiger partial charge in [0.2, 0.25) is 5.91 Å². The van der Waals surface area contributed by atoms with Gasteiger partial charge in [-0.25, -0.2) is 0 Å². The van der Waals surface area contributed by atoms with Crippen molar-refractivity contribution in [3.63, 3.8) is 0 Å². The standard InChI is InChI=1S/C21H19N3O3S/c25-19-14-28-21(24(19)13-18-5-3-11-27-18)16-8-6-15(7-9-16)20(26)23-12-17-4-1-2-10-22-17/h1-11,21H,12-14H2,(H,23,26)/t21-/m1/s1. The Hall–Kier alpha value is -3.06. The van der Waals surface area contributed by atoms with E-state index in [-0.39, 0.29) is 17.2 Å². The molecule has 3 heterocycles. The van der Waals surface area contributed by atoms with Gasteiger partial charge in [0.05, 0.1) is 30.8 Å². The molecule has 1 aliphatic heterocycles. The molecule has 0 aliphatic carbocycles. The minimum Gasteiger partial charge on any atom is -0.467 e. The summed E-state index contributed by atoms with van der Waals surface area (Å²) >= 11 is 1.58. The van der Waals surface area contributed by atoms with Crippen molar-refractivity contribution in [2.24, 2.45) is 0 Å². The summed E-state index contributed by atoms with van der Waals surface area (Å²) in [5.74, 6) is 1.13. The lowest BCUT2D eigenvalue weighted by Crippen LogP contribution is -2.27. The Kier molecular flexibility index (Phi) is 5.43. The van der Waals surface area contributed by atoms with Gasteiger partial charge in [-0.3, -0.25) is 14.6 Å². The molecule has 2 aromatic heterocycles. The molecule has 0 unspecified atom stereocenters. The van der Waals surface area contributed by atoms with Crippen LogP contribution in [0.4, 0.5) is 0 Å². The van der Waals surface area contributed by atoms with Crippen LogP contribution < -0.4 is 5.32 Å². The Labute approximate surface area is 166 Å². The molecule has 0 radical (unpaired) electrons. The van der Waals surface area contributed by atoms with Gasteiger partial charge in [-0.05, 0) is 42.0 Å². The first-order valence-corrected chi connectivity index (χ1v) is 9.97. The number of hydrogen-bond donors (Lipinski definition) is 1. The highest BCUT2D eigenvalue weighted by Gasteiger charge is 2.33. The fraction of sp³-hybridized carbons (Fsp3) is 0.190. The molecule has 0 saturated carbocycles. The minimum atomic E-state index is -0.153. The molecule has 4 rings (SSSR count). The van der Waals surface area contributed by atoms with Crippen LogP contribution in [0.25, 0.3) is 0 Å². The second-order valence-electron chi connectivity index (χ2n) is 6.39. The first-order chi connectivity index (χ1) is 13.7. The van der Waals surface area contributed by atoms with Crippen molar-refractivity contribution >= 4 is 23.6 Å². The topological polar surface area (TPSA) is 75.4 Å². The van der Waals surface area contributed by atoms with E-state index in [1.807, 2.05) is 42.5 Å². The average Bonchev–Trinajstić information content (AvgIpc) is 3.38. The van der Waals surface area contributed by atoms with Gasteiger partial charge in [-0.1, -0.05) is 18.2 Å². The molecule has 1 aromatic carbocycles. The van der Waals surface area contributed by atoms with Gasteiger partial charge in [0.25, 0.3) is 5.91 Å². The molecular formula is C21H19N3O3S. The van der Waals surface area contributed by atoms with E-state index in [4.69, 9.17) is 4.42 Å². The normalized spacial score (nSPS) is 16.4. The van der Waals surface area contributed by atoms with Crippen molar-refractivity contribution in [2.75, 3.05) is 5.75 Å². The molecule has 0 spiro atoms. The lowest BCUT2D eigenvalue weighted by molar-refractivity contribution is -0.128. The van der Waals surface area contributed by atoms with Crippen molar-refractivity contribution in [1.29, 1.82) is 0 Å². The van der Waals surface area contributed by atoms with Gasteiger partial charge in [-0.2, -0.15) is 0 Å². The van der Waals surface area contributed by atoms with Crippen LogP contribution in [0, 0.1) is 0 Å². The highest BCUT2D eigenvalue weighted by Crippen LogP contribution is 2.39. The van der Waals surface area contributed by atoms with Crippen LogP contribution in [0.15, 0.2) is 71.5 Å². The Balaban J connectivity index is 1.42. The summed E-state index contributed by atoms with van der Waals surface area (Å²) in [4.78, 5) is 30.6. The number of hydrogen-bond acceptors (Lipinski definition) is 5. The molecule has 0 bridgehead atoms. The van der Waals surface area contributed by atoms with Crippen molar-refractivity contribution in [1.82, 2.24) is 15.2 Å². The van der Waals surface area contributed by atoms with Gasteiger partial charge < -0.3 is 14.6 Å². The second kappa shape index (κ2) is 8.31. The predicted molar refractivity (Wildman–Crippen MR) is 106 cm³/mol. The third-order valence-corrected chi connectivity index (χ3v) is 5.74. The molecule has 1 atom stereocenters. The summed E-state index contributed by atoms with van der Waals surface area (Å²) in [6.07, 6.45) is 3.31. The number of thioether (sulfide) groups is 1. The van der Waals surface area contributed by atoms with E-state index in [2.05, 4.69) is 10.3 Å². The molecule has 3 aromatic rings. The zero-order valence-corrected chi connectivity index (χ0v) is 15.9. The summed E-state index contributed by atoms with van der Waals surface area (Å²) in [5.41, 5.74) is 2.37. The largest absolute Gasteiger partial charge is 0.467 e. The summed E-state index contributed by atoms with van der Waals surface area (Å²) in [5, 5.41) is 2.79. The van der Waals surface area contributed by atoms with Gasteiger partial charge in [0.1, 0.15) is 11.1 Å². The maximum Gasteiger partial charge on any atom is 0.251 e. The summed E-state index contributed by atoms with van der Waals surface area (Å²) in [7, 11) is 0. The molecule has 1 N–H and O–H groups in total. The summed E-state index contributed by atoms with van der Waals surface area (Å²) < 4.78 is 5.38. The summed E-state index contributed by atoms with van der Waals surface area (Å²) in [6.45, 7) is 0.821. The monoisotopic (exact) mass is 393 g/mol. The quantitative estimate of drug-likeness (QED) is 0.695. The van der Waals surface area contributed by atoms with E-state index in [0.717, 1.165) is 17.0 Å². The number of furan rings is 1. The van der Waals surface area contributed by atoms with Gasteiger partial charge >= 0.3 is 0 Å². The van der Waals surface area contributed by atoms with Crippen LogP contribution in [0.2, 0.25) is 0 Å². The number of pyridine rings is 1. The molecule has 7 heteroatoms. The lowest BCUT2D eigenvalue weighted by Gasteiger charge is -2.23. The maximum absolute atomic E-state index is 12.4. The van der Waals surface area contributed by atoms with E-state index in [1.54, 1.807) is 41.3 Å². The average molecular weight is 393 g/mol. The number of carbonyl (C=O) groups excluding carboxylic acids is 2. The van der Waals surface area contributed by atoms with Crippen LogP contribution in [-0.2, 0) is 17.9 Å². The fourth-order valence-electron chi connectivity index (χ4n) is 3.05. The van der Waals surface area contributed by atoms with Crippen LogP contribution >= 0.6 is 11.8 Å². The van der Waals surface area contributed by atoms with Crippen LogP contribution in [0.5, 0.6) is 0 Å². The Morgan fingerprint density at radius 3 is 2.75 bits per heavy atom. The highest BCUT2D eigenvalue weighted by atomic mass is 32.2. The zero-order valence-electron chi connectivity index (χ0n) is 15.1. The number of rotatable bonds is 6. The first-order valence-electron chi connectivity index (χ1n) is 8.92. The first kappa shape index (κ1) is 18.3. The number of nitrogens with one attached hydrogen (secondary N) is 1. The number of nitrogens with zero attached hydrogens (tertiary/aromatic N) is 2. The molecule has 1 fully saturated rings. The van der Waals surface area contributed by atoms with E-state index in [0.29, 0.717) is 24.4 Å². The van der Waals surface area contributed by atoms with E-state index in [9.17, 15) is 9.59 Å². The molecule has 1 saturated heterocycles. The van der Waals surface area contributed by atoms with Crippen LogP contribution in [0.1, 0.15) is 32.7 Å². The van der Waals surface area contributed by atoms with E-state index in [1.165, 1.54) is 0 Å². The second-order valence-corrected chi connectivity index (χ2v) is 7.46. The predicted octanol–water partition coefficient (Wildman–Crippen LogP) is 3.38. The summed E-state index contributed by atoms with van der Waals surface area (Å²) in [6, 6.07) is 16.7. The van der Waals surface area contributed by atoms with Gasteiger partial charge in [0, 0.05) is 11.8 Å².